The van der Waals surface area contributed by atoms with Crippen molar-refractivity contribution in [3.05, 3.63) is 0 Å². The predicted molar refractivity (Wildman–Crippen MR) is 76.2 cm³/mol. The first-order valence-corrected chi connectivity index (χ1v) is 8.45. The molecule has 0 nitrogen and oxygen atoms in total. The van der Waals surface area contributed by atoms with Crippen molar-refractivity contribution in [2.24, 2.45) is 11.8 Å². The van der Waals surface area contributed by atoms with Crippen molar-refractivity contribution in [1.82, 2.24) is 0 Å². The van der Waals surface area contributed by atoms with Gasteiger partial charge in [0.05, 0.1) is 0 Å². The standard InChI is InChI=1S/C17H32/c1(2-5-11-17-14-8-9-15-17)4-10-16-12-6-3-7-13-16/h16-17H,1-15H2. The Bertz CT molecular complexity index is 172. The SMILES string of the molecule is C(CCCC1CCCC1)CCC1CCCCC1. The summed E-state index contributed by atoms with van der Waals surface area (Å²) in [5.74, 6) is 2.23. The van der Waals surface area contributed by atoms with Crippen molar-refractivity contribution >= 4 is 0 Å². The first kappa shape index (κ1) is 13.4. The van der Waals surface area contributed by atoms with Gasteiger partial charge < -0.3 is 0 Å². The lowest BCUT2D eigenvalue weighted by molar-refractivity contribution is 0.327. The summed E-state index contributed by atoms with van der Waals surface area (Å²) in [5, 5.41) is 0. The predicted octanol–water partition coefficient (Wildman–Crippen LogP) is 6.10. The quantitative estimate of drug-likeness (QED) is 0.469. The van der Waals surface area contributed by atoms with Crippen LogP contribution in [0.4, 0.5) is 0 Å². The zero-order valence-electron chi connectivity index (χ0n) is 11.8. The minimum absolute atomic E-state index is 1.11. The summed E-state index contributed by atoms with van der Waals surface area (Å²) >= 11 is 0. The van der Waals surface area contributed by atoms with E-state index in [-0.39, 0.29) is 0 Å². The van der Waals surface area contributed by atoms with Gasteiger partial charge in [-0.05, 0) is 11.8 Å². The lowest BCUT2D eigenvalue weighted by Gasteiger charge is -2.21. The Balaban J connectivity index is 1.38. The molecular weight excluding hydrogens is 204 g/mol. The molecule has 2 aliphatic rings. The molecular formula is C17H32. The molecule has 0 unspecified atom stereocenters. The molecule has 2 saturated carbocycles. The van der Waals surface area contributed by atoms with E-state index in [0.29, 0.717) is 0 Å². The third kappa shape index (κ3) is 5.44. The topological polar surface area (TPSA) is 0 Å². The third-order valence-electron chi connectivity index (χ3n) is 5.17. The molecule has 0 aromatic rings. The van der Waals surface area contributed by atoms with Crippen LogP contribution in [-0.2, 0) is 0 Å². The smallest absolute Gasteiger partial charge is 0.0414 e. The monoisotopic (exact) mass is 236 g/mol. The Hall–Kier alpha value is 0. The third-order valence-corrected chi connectivity index (χ3v) is 5.17. The molecule has 0 spiro atoms. The highest BCUT2D eigenvalue weighted by atomic mass is 14.2. The van der Waals surface area contributed by atoms with Crippen LogP contribution in [0.3, 0.4) is 0 Å². The number of hydrogen-bond donors (Lipinski definition) is 0. The highest BCUT2D eigenvalue weighted by molar-refractivity contribution is 4.68. The van der Waals surface area contributed by atoms with E-state index in [1.807, 2.05) is 0 Å². The van der Waals surface area contributed by atoms with Gasteiger partial charge in [-0.2, -0.15) is 0 Å². The van der Waals surface area contributed by atoms with Gasteiger partial charge in [0.15, 0.2) is 0 Å². The normalized spacial score (nSPS) is 23.3. The lowest BCUT2D eigenvalue weighted by Crippen LogP contribution is -2.05. The number of unbranched alkanes of at least 4 members (excludes halogenated alkanes) is 3. The molecule has 0 amide bonds. The molecule has 2 aliphatic carbocycles. The molecule has 0 aliphatic heterocycles. The van der Waals surface area contributed by atoms with Gasteiger partial charge in [-0.25, -0.2) is 0 Å². The van der Waals surface area contributed by atoms with Crippen LogP contribution in [0, 0.1) is 11.8 Å². The average Bonchev–Trinajstić information content (AvgIpc) is 2.88. The van der Waals surface area contributed by atoms with Gasteiger partial charge >= 0.3 is 0 Å². The Morgan fingerprint density at radius 3 is 1.35 bits per heavy atom. The van der Waals surface area contributed by atoms with Crippen LogP contribution in [0.15, 0.2) is 0 Å². The van der Waals surface area contributed by atoms with Gasteiger partial charge in [0.1, 0.15) is 0 Å². The lowest BCUT2D eigenvalue weighted by atomic mass is 9.85. The summed E-state index contributed by atoms with van der Waals surface area (Å²) in [4.78, 5) is 0. The largest absolute Gasteiger partial charge is 0.0533 e. The fourth-order valence-electron chi connectivity index (χ4n) is 3.99. The van der Waals surface area contributed by atoms with Gasteiger partial charge in [-0.3, -0.25) is 0 Å². The molecule has 0 saturated heterocycles. The Kier molecular flexibility index (Phi) is 6.45. The van der Waals surface area contributed by atoms with E-state index in [1.165, 1.54) is 57.8 Å². The second kappa shape index (κ2) is 8.16. The molecule has 17 heavy (non-hydrogen) atoms. The number of rotatable bonds is 7. The maximum absolute atomic E-state index is 1.55. The highest BCUT2D eigenvalue weighted by Gasteiger charge is 2.14. The summed E-state index contributed by atoms with van der Waals surface area (Å²) in [5.41, 5.74) is 0. The zero-order chi connectivity index (χ0) is 11.8. The van der Waals surface area contributed by atoms with Crippen molar-refractivity contribution in [3.63, 3.8) is 0 Å². The van der Waals surface area contributed by atoms with Gasteiger partial charge in [0.2, 0.25) is 0 Å². The number of hydrogen-bond acceptors (Lipinski definition) is 0. The minimum atomic E-state index is 1.11. The van der Waals surface area contributed by atoms with Crippen LogP contribution in [0.5, 0.6) is 0 Å². The molecule has 0 heterocycles. The fourth-order valence-corrected chi connectivity index (χ4v) is 3.99. The fraction of sp³-hybridized carbons (Fsp3) is 1.00. The van der Waals surface area contributed by atoms with E-state index in [1.54, 1.807) is 38.5 Å². The van der Waals surface area contributed by atoms with E-state index in [4.69, 9.17) is 0 Å². The van der Waals surface area contributed by atoms with E-state index in [0.717, 1.165) is 11.8 Å². The average molecular weight is 236 g/mol. The molecule has 2 fully saturated rings. The van der Waals surface area contributed by atoms with E-state index in [9.17, 15) is 0 Å². The van der Waals surface area contributed by atoms with Gasteiger partial charge in [0, 0.05) is 0 Å². The molecule has 0 N–H and O–H groups in total. The summed E-state index contributed by atoms with van der Waals surface area (Å²) in [6, 6.07) is 0. The van der Waals surface area contributed by atoms with E-state index >= 15 is 0 Å². The van der Waals surface area contributed by atoms with Crippen LogP contribution in [0.25, 0.3) is 0 Å². The Morgan fingerprint density at radius 2 is 0.882 bits per heavy atom. The first-order chi connectivity index (χ1) is 8.45. The summed E-state index contributed by atoms with van der Waals surface area (Å²) in [7, 11) is 0. The summed E-state index contributed by atoms with van der Waals surface area (Å²) in [6.07, 6.45) is 22.9. The molecule has 2 rings (SSSR count). The molecule has 0 heteroatoms. The molecule has 0 radical (unpaired) electrons. The summed E-state index contributed by atoms with van der Waals surface area (Å²) in [6.45, 7) is 0. The Morgan fingerprint density at radius 1 is 0.471 bits per heavy atom. The van der Waals surface area contributed by atoms with Crippen molar-refractivity contribution < 1.29 is 0 Å². The van der Waals surface area contributed by atoms with Gasteiger partial charge in [-0.1, -0.05) is 96.3 Å². The maximum Gasteiger partial charge on any atom is -0.0414 e. The van der Waals surface area contributed by atoms with Crippen molar-refractivity contribution in [2.45, 2.75) is 96.3 Å². The van der Waals surface area contributed by atoms with Crippen LogP contribution >= 0.6 is 0 Å². The first-order valence-electron chi connectivity index (χ1n) is 8.45. The van der Waals surface area contributed by atoms with Crippen LogP contribution in [-0.4, -0.2) is 0 Å². The van der Waals surface area contributed by atoms with Gasteiger partial charge in [0.25, 0.3) is 0 Å². The van der Waals surface area contributed by atoms with E-state index < -0.39 is 0 Å². The highest BCUT2D eigenvalue weighted by Crippen LogP contribution is 2.30. The molecule has 0 atom stereocenters. The van der Waals surface area contributed by atoms with Gasteiger partial charge in [-0.15, -0.1) is 0 Å². The minimum Gasteiger partial charge on any atom is -0.0533 e. The maximum atomic E-state index is 1.55. The van der Waals surface area contributed by atoms with Crippen molar-refractivity contribution in [3.8, 4) is 0 Å². The second-order valence-electron chi connectivity index (χ2n) is 6.65. The molecule has 0 aromatic carbocycles. The molecule has 100 valence electrons. The second-order valence-corrected chi connectivity index (χ2v) is 6.65. The van der Waals surface area contributed by atoms with Crippen LogP contribution in [0.2, 0.25) is 0 Å². The van der Waals surface area contributed by atoms with Crippen LogP contribution in [0.1, 0.15) is 96.3 Å². The van der Waals surface area contributed by atoms with E-state index in [2.05, 4.69) is 0 Å². The van der Waals surface area contributed by atoms with Crippen LogP contribution < -0.4 is 0 Å². The Labute approximate surface area is 109 Å². The van der Waals surface area contributed by atoms with Crippen molar-refractivity contribution in [1.29, 1.82) is 0 Å². The van der Waals surface area contributed by atoms with Crippen molar-refractivity contribution in [2.75, 3.05) is 0 Å². The molecule has 0 bridgehead atoms. The summed E-state index contributed by atoms with van der Waals surface area (Å²) < 4.78 is 0. The zero-order valence-corrected chi connectivity index (χ0v) is 11.8. The molecule has 0 aromatic heterocycles.